The first-order chi connectivity index (χ1) is 25.3. The van der Waals surface area contributed by atoms with Crippen LogP contribution in [0.25, 0.3) is 27.6 Å². The van der Waals surface area contributed by atoms with Crippen LogP contribution in [0.15, 0.2) is 158 Å². The number of rotatable bonds is 6. The van der Waals surface area contributed by atoms with Gasteiger partial charge in [0.15, 0.2) is 0 Å². The number of fused-ring (bicyclic) bond motifs is 4. The van der Waals surface area contributed by atoms with Crippen molar-refractivity contribution in [2.24, 2.45) is 0 Å². The minimum atomic E-state index is -2.30. The summed E-state index contributed by atoms with van der Waals surface area (Å²) in [5.74, 6) is 0.838. The molecule has 9 rings (SSSR count). The average molecular weight is 829 g/mol. The molecule has 0 spiro atoms. The number of hydrogen-bond acceptors (Lipinski definition) is 3. The minimum Gasteiger partial charge on any atom is -0.355 e. The Morgan fingerprint density at radius 3 is 2.08 bits per heavy atom. The van der Waals surface area contributed by atoms with E-state index in [-0.39, 0.29) is 27.7 Å². The molecule has 0 unspecified atom stereocenters. The van der Waals surface area contributed by atoms with E-state index in [1.165, 1.54) is 4.90 Å². The van der Waals surface area contributed by atoms with Crippen molar-refractivity contribution in [3.8, 4) is 5.82 Å². The molecule has 1 aliphatic heterocycles. The van der Waals surface area contributed by atoms with Crippen LogP contribution in [0.1, 0.15) is 31.9 Å². The van der Waals surface area contributed by atoms with E-state index < -0.39 is 12.4 Å². The molecule has 0 saturated heterocycles. The van der Waals surface area contributed by atoms with Crippen molar-refractivity contribution in [2.45, 2.75) is 12.3 Å². The molecule has 0 amide bonds. The van der Waals surface area contributed by atoms with Crippen molar-refractivity contribution >= 4 is 38.9 Å². The van der Waals surface area contributed by atoms with E-state index in [4.69, 9.17) is 9.10 Å². The maximum atomic E-state index is 8.30. The SMILES string of the molecule is [2H]C([2H])([2H])N1CN(c2[c-]c(C(c3[c-]c4c(cc3)c3ccccc3n4-c3cc(C)ccn3)(c3ccccc3)c3ccccc3)ccc2)c2ccccc21.[Pt+2]. The van der Waals surface area contributed by atoms with Gasteiger partial charge in [0, 0.05) is 28.2 Å². The van der Waals surface area contributed by atoms with Gasteiger partial charge < -0.3 is 14.4 Å². The van der Waals surface area contributed by atoms with Crippen LogP contribution in [0.4, 0.5) is 17.1 Å². The van der Waals surface area contributed by atoms with Crippen molar-refractivity contribution in [1.29, 1.82) is 0 Å². The van der Waals surface area contributed by atoms with Gasteiger partial charge in [-0.25, -0.2) is 4.98 Å². The van der Waals surface area contributed by atoms with Gasteiger partial charge in [0.25, 0.3) is 0 Å². The molecule has 5 heteroatoms. The second-order valence-electron chi connectivity index (χ2n) is 12.6. The number of para-hydroxylation sites is 3. The van der Waals surface area contributed by atoms with Gasteiger partial charge in [0.2, 0.25) is 0 Å². The van der Waals surface area contributed by atoms with Gasteiger partial charge in [-0.1, -0.05) is 102 Å². The molecule has 0 radical (unpaired) electrons. The smallest absolute Gasteiger partial charge is 0.355 e. The molecule has 4 nitrogen and oxygen atoms in total. The van der Waals surface area contributed by atoms with Crippen molar-refractivity contribution in [3.63, 3.8) is 0 Å². The van der Waals surface area contributed by atoms with Crippen molar-refractivity contribution < 1.29 is 25.2 Å². The largest absolute Gasteiger partial charge is 2.00 e. The second kappa shape index (κ2) is 12.8. The standard InChI is InChI=1S/C45H34N4.Pt/c1-32-26-27-46-44(28-32)49-40-21-10-9-20-38(40)39-25-24-36(30-43(39)49)45(33-14-5-3-6-15-33,34-16-7-4-8-17-34)35-18-13-19-37(29-35)48-31-47(2)41-22-11-12-23-42(41)48;/h3-28H,31H2,1-2H3;/q-2;+2/i2D3;. The molecule has 1 aliphatic rings. The molecular formula is C45H34N4Pt. The van der Waals surface area contributed by atoms with Gasteiger partial charge in [0.05, 0.1) is 18.0 Å². The number of pyridine rings is 1. The number of benzene rings is 6. The maximum Gasteiger partial charge on any atom is 2.00 e. The van der Waals surface area contributed by atoms with Gasteiger partial charge >= 0.3 is 21.1 Å². The van der Waals surface area contributed by atoms with E-state index in [0.29, 0.717) is 5.69 Å². The third kappa shape index (κ3) is 4.97. The number of aryl methyl sites for hydroxylation is 1. The third-order valence-electron chi connectivity index (χ3n) is 9.75. The van der Waals surface area contributed by atoms with E-state index in [9.17, 15) is 0 Å². The van der Waals surface area contributed by atoms with E-state index in [1.807, 2.05) is 59.6 Å². The zero-order chi connectivity index (χ0) is 35.5. The summed E-state index contributed by atoms with van der Waals surface area (Å²) in [7, 11) is 0. The summed E-state index contributed by atoms with van der Waals surface area (Å²) in [5.41, 5.74) is 8.56. The zero-order valence-electron chi connectivity index (χ0n) is 30.3. The summed E-state index contributed by atoms with van der Waals surface area (Å²) >= 11 is 0. The molecule has 244 valence electrons. The molecule has 2 aromatic heterocycles. The van der Waals surface area contributed by atoms with Crippen molar-refractivity contribution in [3.05, 3.63) is 198 Å². The molecule has 0 bridgehead atoms. The Balaban J connectivity index is 0.00000400. The molecule has 8 aromatic rings. The molecular weight excluding hydrogens is 792 g/mol. The predicted octanol–water partition coefficient (Wildman–Crippen LogP) is 10.0. The number of hydrogen-bond donors (Lipinski definition) is 0. The van der Waals surface area contributed by atoms with Crippen LogP contribution in [0.5, 0.6) is 0 Å². The fourth-order valence-electron chi connectivity index (χ4n) is 7.56. The Kier molecular flexibility index (Phi) is 7.26. The summed E-state index contributed by atoms with van der Waals surface area (Å²) in [6, 6.07) is 59.7. The monoisotopic (exact) mass is 828 g/mol. The fraction of sp³-hybridized carbons (Fsp3) is 0.0889. The zero-order valence-corrected chi connectivity index (χ0v) is 29.6. The molecule has 0 fully saturated rings. The fourth-order valence-corrected chi connectivity index (χ4v) is 7.56. The summed E-state index contributed by atoms with van der Waals surface area (Å²) in [5, 5.41) is 2.22. The first-order valence-corrected chi connectivity index (χ1v) is 16.5. The number of anilines is 3. The molecule has 0 aliphatic carbocycles. The number of nitrogens with zero attached hydrogens (tertiary/aromatic N) is 4. The molecule has 0 saturated carbocycles. The van der Waals surface area contributed by atoms with Gasteiger partial charge in [0.1, 0.15) is 5.82 Å². The van der Waals surface area contributed by atoms with Crippen LogP contribution in [0.3, 0.4) is 0 Å². The Labute approximate surface area is 311 Å². The average Bonchev–Trinajstić information content (AvgIpc) is 3.73. The molecule has 0 N–H and O–H groups in total. The maximum absolute atomic E-state index is 8.30. The van der Waals surface area contributed by atoms with Crippen LogP contribution in [-0.2, 0) is 26.5 Å². The summed E-state index contributed by atoms with van der Waals surface area (Å²) < 4.78 is 27.1. The minimum absolute atomic E-state index is 0. The van der Waals surface area contributed by atoms with Crippen LogP contribution in [0.2, 0.25) is 0 Å². The number of aromatic nitrogens is 2. The van der Waals surface area contributed by atoms with Crippen LogP contribution in [-0.4, -0.2) is 23.2 Å². The quantitative estimate of drug-likeness (QED) is 0.123. The van der Waals surface area contributed by atoms with Crippen molar-refractivity contribution in [1.82, 2.24) is 9.55 Å². The molecule has 6 aromatic carbocycles. The van der Waals surface area contributed by atoms with Crippen LogP contribution >= 0.6 is 0 Å². The van der Waals surface area contributed by atoms with E-state index in [1.54, 1.807) is 0 Å². The predicted molar refractivity (Wildman–Crippen MR) is 201 cm³/mol. The summed E-state index contributed by atoms with van der Waals surface area (Å²) in [6.45, 7) is -0.0284. The van der Waals surface area contributed by atoms with Gasteiger partial charge in [-0.05, 0) is 59.3 Å². The van der Waals surface area contributed by atoms with E-state index in [0.717, 1.165) is 66.8 Å². The summed E-state index contributed by atoms with van der Waals surface area (Å²) in [4.78, 5) is 8.35. The topological polar surface area (TPSA) is 24.3 Å². The first kappa shape index (κ1) is 28.4. The van der Waals surface area contributed by atoms with Crippen LogP contribution < -0.4 is 9.80 Å². The van der Waals surface area contributed by atoms with Gasteiger partial charge in [-0.15, -0.1) is 22.6 Å². The van der Waals surface area contributed by atoms with Crippen molar-refractivity contribution in [2.75, 3.05) is 23.4 Å². The van der Waals surface area contributed by atoms with E-state index in [2.05, 4.69) is 127 Å². The Morgan fingerprint density at radius 1 is 0.660 bits per heavy atom. The second-order valence-corrected chi connectivity index (χ2v) is 12.6. The summed E-state index contributed by atoms with van der Waals surface area (Å²) in [6.07, 6.45) is 1.86. The molecule has 3 heterocycles. The van der Waals surface area contributed by atoms with Gasteiger partial charge in [-0.3, -0.25) is 0 Å². The molecule has 50 heavy (non-hydrogen) atoms. The van der Waals surface area contributed by atoms with E-state index >= 15 is 0 Å². The Hall–Kier alpha value is -5.44. The molecule has 0 atom stereocenters. The first-order valence-electron chi connectivity index (χ1n) is 18.0. The normalized spacial score (nSPS) is 13.8. The Bertz CT molecular complexity index is 2540. The van der Waals surface area contributed by atoms with Gasteiger partial charge in [-0.2, -0.15) is 36.4 Å². The third-order valence-corrected chi connectivity index (χ3v) is 9.75. The van der Waals surface area contributed by atoms with Crippen LogP contribution in [0, 0.1) is 19.1 Å². The Morgan fingerprint density at radius 2 is 1.34 bits per heavy atom.